The summed E-state index contributed by atoms with van der Waals surface area (Å²) in [4.78, 5) is 24.4. The second-order valence-corrected chi connectivity index (χ2v) is 9.12. The van der Waals surface area contributed by atoms with E-state index in [4.69, 9.17) is 20.7 Å². The molecule has 0 aliphatic rings. The van der Waals surface area contributed by atoms with Crippen LogP contribution in [0.4, 0.5) is 5.69 Å². The highest BCUT2D eigenvalue weighted by Gasteiger charge is 2.25. The Bertz CT molecular complexity index is 1300. The summed E-state index contributed by atoms with van der Waals surface area (Å²) in [6.45, 7) is 1.38. The molecule has 3 aromatic rings. The van der Waals surface area contributed by atoms with Crippen LogP contribution < -0.4 is 20.9 Å². The smallest absolute Gasteiger partial charge is 0.298 e. The maximum atomic E-state index is 12.7. The average Bonchev–Trinajstić information content (AvgIpc) is 3.10. The summed E-state index contributed by atoms with van der Waals surface area (Å²) in [6.07, 6.45) is 0. The number of amidine groups is 1. The fraction of sp³-hybridized carbons (Fsp3) is 0.105. The number of amides is 1. The first-order valence-corrected chi connectivity index (χ1v) is 11.4. The molecule has 1 aromatic heterocycles. The number of rotatable bonds is 7. The molecule has 0 aliphatic carbocycles. The summed E-state index contributed by atoms with van der Waals surface area (Å²) < 4.78 is 30.8. The minimum absolute atomic E-state index is 0.115. The molecule has 2 aromatic carbocycles. The number of furan rings is 1. The zero-order valence-electron chi connectivity index (χ0n) is 16.1. The lowest BCUT2D eigenvalue weighted by molar-refractivity contribution is -0.120. The minimum Gasteiger partial charge on any atom is -0.452 e. The molecular formula is C19H18IN5O5S. The van der Waals surface area contributed by atoms with Crippen LogP contribution in [-0.2, 0) is 15.0 Å². The monoisotopic (exact) mass is 555 g/mol. The Morgan fingerprint density at radius 2 is 1.81 bits per heavy atom. The lowest BCUT2D eigenvalue weighted by atomic mass is 10.0. The van der Waals surface area contributed by atoms with Crippen molar-refractivity contribution in [1.82, 2.24) is 4.72 Å². The van der Waals surface area contributed by atoms with Crippen LogP contribution in [-0.4, -0.2) is 25.9 Å². The molecule has 7 N–H and O–H groups in total. The topological polar surface area (TPSA) is 181 Å². The summed E-state index contributed by atoms with van der Waals surface area (Å²) in [6, 6.07) is 10.0. The van der Waals surface area contributed by atoms with Gasteiger partial charge in [-0.25, -0.2) is 9.86 Å². The number of fused-ring (bicyclic) bond motifs is 1. The van der Waals surface area contributed by atoms with E-state index in [9.17, 15) is 18.0 Å². The van der Waals surface area contributed by atoms with Gasteiger partial charge in [-0.1, -0.05) is 0 Å². The molecule has 0 spiro atoms. The molecule has 1 unspecified atom stereocenters. The second-order valence-electron chi connectivity index (χ2n) is 6.67. The van der Waals surface area contributed by atoms with Crippen LogP contribution in [0, 0.1) is 8.98 Å². The van der Waals surface area contributed by atoms with Gasteiger partial charge in [0.25, 0.3) is 16.1 Å². The van der Waals surface area contributed by atoms with E-state index < -0.39 is 22.2 Å². The van der Waals surface area contributed by atoms with Gasteiger partial charge in [0.2, 0.25) is 0 Å². The minimum atomic E-state index is -4.30. The van der Waals surface area contributed by atoms with Gasteiger partial charge in [0.15, 0.2) is 11.5 Å². The van der Waals surface area contributed by atoms with E-state index >= 15 is 0 Å². The fourth-order valence-electron chi connectivity index (χ4n) is 2.88. The van der Waals surface area contributed by atoms with E-state index in [2.05, 4.69) is 5.32 Å². The highest BCUT2D eigenvalue weighted by Crippen LogP contribution is 2.30. The van der Waals surface area contributed by atoms with Gasteiger partial charge in [-0.15, -0.1) is 0 Å². The molecule has 0 saturated carbocycles. The Kier molecular flexibility index (Phi) is 6.33. The van der Waals surface area contributed by atoms with Crippen LogP contribution in [0.2, 0.25) is 0 Å². The van der Waals surface area contributed by atoms with Gasteiger partial charge in [0.05, 0.1) is 3.57 Å². The molecular weight excluding hydrogens is 537 g/mol. The number of carbonyl (C=O) groups excluding carboxylic acids is 2. The Morgan fingerprint density at radius 3 is 2.35 bits per heavy atom. The molecule has 0 aliphatic heterocycles. The van der Waals surface area contributed by atoms with Crippen LogP contribution >= 0.6 is 22.6 Å². The molecule has 10 nitrogen and oxygen atoms in total. The van der Waals surface area contributed by atoms with Gasteiger partial charge in [-0.2, -0.15) is 8.42 Å². The third-order valence-electron chi connectivity index (χ3n) is 4.29. The van der Waals surface area contributed by atoms with Crippen molar-refractivity contribution in [1.29, 1.82) is 5.41 Å². The zero-order valence-corrected chi connectivity index (χ0v) is 19.1. The predicted molar refractivity (Wildman–Crippen MR) is 124 cm³/mol. The van der Waals surface area contributed by atoms with Crippen molar-refractivity contribution < 1.29 is 22.4 Å². The SMILES string of the molecule is CC(=O)c1cc2cc(C(Nc3ccc(C(=N)N)cc3)C(=O)NS(N)(=O)=O)cc(I)c2o1. The van der Waals surface area contributed by atoms with Crippen molar-refractivity contribution >= 4 is 67.0 Å². The van der Waals surface area contributed by atoms with E-state index in [-0.39, 0.29) is 17.4 Å². The van der Waals surface area contributed by atoms with Gasteiger partial charge < -0.3 is 15.5 Å². The van der Waals surface area contributed by atoms with Crippen LogP contribution in [0.15, 0.2) is 46.9 Å². The first-order valence-electron chi connectivity index (χ1n) is 8.74. The summed E-state index contributed by atoms with van der Waals surface area (Å²) in [5, 5.41) is 16.0. The molecule has 0 radical (unpaired) electrons. The number of Topliss-reactive ketones (excluding diaryl/α,β-unsaturated/α-hetero) is 1. The predicted octanol–water partition coefficient (Wildman–Crippen LogP) is 2.00. The number of anilines is 1. The maximum Gasteiger partial charge on any atom is 0.298 e. The Morgan fingerprint density at radius 1 is 1.16 bits per heavy atom. The molecule has 3 rings (SSSR count). The van der Waals surface area contributed by atoms with E-state index in [0.717, 1.165) is 0 Å². The van der Waals surface area contributed by atoms with Crippen molar-refractivity contribution in [3.63, 3.8) is 0 Å². The Hall–Kier alpha value is -2.97. The number of benzene rings is 2. The van der Waals surface area contributed by atoms with E-state index in [1.54, 1.807) is 47.2 Å². The summed E-state index contributed by atoms with van der Waals surface area (Å²) >= 11 is 2.00. The molecule has 31 heavy (non-hydrogen) atoms. The number of carbonyl (C=O) groups is 2. The molecule has 162 valence electrons. The molecule has 12 heteroatoms. The highest BCUT2D eigenvalue weighted by molar-refractivity contribution is 14.1. The third-order valence-corrected chi connectivity index (χ3v) is 5.57. The molecule has 0 saturated heterocycles. The number of hydrogen-bond donors (Lipinski definition) is 5. The average molecular weight is 555 g/mol. The van der Waals surface area contributed by atoms with Crippen molar-refractivity contribution in [2.45, 2.75) is 13.0 Å². The second kappa shape index (κ2) is 8.64. The van der Waals surface area contributed by atoms with E-state index in [1.165, 1.54) is 6.92 Å². The molecule has 0 fully saturated rings. The van der Waals surface area contributed by atoms with Crippen LogP contribution in [0.25, 0.3) is 11.0 Å². The highest BCUT2D eigenvalue weighted by atomic mass is 127. The van der Waals surface area contributed by atoms with Crippen molar-refractivity contribution in [3.8, 4) is 0 Å². The van der Waals surface area contributed by atoms with Crippen molar-refractivity contribution in [3.05, 3.63) is 62.9 Å². The lowest BCUT2D eigenvalue weighted by Crippen LogP contribution is -2.41. The van der Waals surface area contributed by atoms with Gasteiger partial charge in [0, 0.05) is 23.6 Å². The standard InChI is InChI=1S/C19H18IN5O5S/c1-9(26)15-8-12-6-11(7-14(20)17(12)30-15)16(19(27)25-31(23,28)29)24-13-4-2-10(3-5-13)18(21)22/h2-8,16,24H,1H3,(H3,21,22)(H,25,27)(H2,23,28,29). The molecule has 1 heterocycles. The number of hydrogen-bond acceptors (Lipinski definition) is 7. The van der Waals surface area contributed by atoms with Crippen LogP contribution in [0.1, 0.15) is 34.6 Å². The zero-order chi connectivity index (χ0) is 22.9. The first-order chi connectivity index (χ1) is 14.4. The van der Waals surface area contributed by atoms with Gasteiger partial charge >= 0.3 is 0 Å². The first kappa shape index (κ1) is 22.7. The number of halogens is 1. The quantitative estimate of drug-likeness (QED) is 0.128. The molecule has 1 amide bonds. The lowest BCUT2D eigenvalue weighted by Gasteiger charge is -2.20. The van der Waals surface area contributed by atoms with E-state index in [0.29, 0.717) is 31.4 Å². The maximum absolute atomic E-state index is 12.7. The number of nitrogens with two attached hydrogens (primary N) is 2. The van der Waals surface area contributed by atoms with Crippen LogP contribution in [0.5, 0.6) is 0 Å². The molecule has 1 atom stereocenters. The van der Waals surface area contributed by atoms with Crippen LogP contribution in [0.3, 0.4) is 0 Å². The van der Waals surface area contributed by atoms with Crippen molar-refractivity contribution in [2.75, 3.05) is 5.32 Å². The van der Waals surface area contributed by atoms with Gasteiger partial charge in [-0.05, 0) is 70.6 Å². The van der Waals surface area contributed by atoms with E-state index in [1.807, 2.05) is 22.6 Å². The number of nitrogen functional groups attached to an aromatic ring is 1. The summed E-state index contributed by atoms with van der Waals surface area (Å²) in [7, 11) is -4.30. The Labute approximate surface area is 191 Å². The summed E-state index contributed by atoms with van der Waals surface area (Å²) in [5.41, 5.74) is 7.32. The molecule has 0 bridgehead atoms. The fourth-order valence-corrected chi connectivity index (χ4v) is 4.06. The number of ketones is 1. The normalized spacial score (nSPS) is 12.4. The van der Waals surface area contributed by atoms with Gasteiger partial charge in [-0.3, -0.25) is 15.0 Å². The largest absolute Gasteiger partial charge is 0.452 e. The van der Waals surface area contributed by atoms with Gasteiger partial charge in [0.1, 0.15) is 17.5 Å². The third kappa shape index (κ3) is 5.39. The number of nitrogens with one attached hydrogen (secondary N) is 3. The summed E-state index contributed by atoms with van der Waals surface area (Å²) in [5.74, 6) is -1.09. The van der Waals surface area contributed by atoms with Crippen molar-refractivity contribution in [2.24, 2.45) is 10.9 Å². The Balaban J connectivity index is 2.05.